The SMILES string of the molecule is CCC(C(=O)NC1CCCC1)N(Cc1ccc(Cl)c(Cl)c1)C(=O)CN(c1ccc(I)cc1)S(=O)(=O)c1ccccc1. The van der Waals surface area contributed by atoms with Gasteiger partial charge in [-0.05, 0) is 95.9 Å². The molecule has 4 rings (SSSR count). The van der Waals surface area contributed by atoms with Crippen molar-refractivity contribution in [2.24, 2.45) is 0 Å². The summed E-state index contributed by atoms with van der Waals surface area (Å²) in [5, 5.41) is 3.81. The summed E-state index contributed by atoms with van der Waals surface area (Å²) in [4.78, 5) is 29.2. The highest BCUT2D eigenvalue weighted by atomic mass is 127. The van der Waals surface area contributed by atoms with Gasteiger partial charge in [0, 0.05) is 16.2 Å². The van der Waals surface area contributed by atoms with E-state index in [0.29, 0.717) is 27.7 Å². The summed E-state index contributed by atoms with van der Waals surface area (Å²) in [5.41, 5.74) is 1.02. The number of amides is 2. The molecule has 3 aromatic carbocycles. The van der Waals surface area contributed by atoms with Crippen molar-refractivity contribution >= 4 is 73.3 Å². The average molecular weight is 728 g/mol. The molecule has 0 aromatic heterocycles. The van der Waals surface area contributed by atoms with Gasteiger partial charge in [-0.15, -0.1) is 0 Å². The molecule has 1 aliphatic carbocycles. The first-order valence-corrected chi connectivity index (χ1v) is 16.7. The highest BCUT2D eigenvalue weighted by Gasteiger charge is 2.34. The Morgan fingerprint density at radius 1 is 0.976 bits per heavy atom. The van der Waals surface area contributed by atoms with Crippen LogP contribution in [-0.2, 0) is 26.2 Å². The largest absolute Gasteiger partial charge is 0.352 e. The molecule has 41 heavy (non-hydrogen) atoms. The first kappa shape index (κ1) is 31.6. The Morgan fingerprint density at radius 2 is 1.63 bits per heavy atom. The van der Waals surface area contributed by atoms with Gasteiger partial charge in [-0.25, -0.2) is 8.42 Å². The molecule has 1 unspecified atom stereocenters. The van der Waals surface area contributed by atoms with E-state index in [1.165, 1.54) is 17.0 Å². The Morgan fingerprint density at radius 3 is 2.24 bits per heavy atom. The Kier molecular flexibility index (Phi) is 11.0. The zero-order valence-electron chi connectivity index (χ0n) is 22.6. The first-order valence-electron chi connectivity index (χ1n) is 13.5. The van der Waals surface area contributed by atoms with Crippen LogP contribution in [0.5, 0.6) is 0 Å². The minimum absolute atomic E-state index is 0.0538. The fourth-order valence-corrected chi connectivity index (χ4v) is 7.09. The number of halogens is 3. The van der Waals surface area contributed by atoms with Gasteiger partial charge in [-0.2, -0.15) is 0 Å². The van der Waals surface area contributed by atoms with Crippen LogP contribution in [0.25, 0.3) is 0 Å². The van der Waals surface area contributed by atoms with Crippen molar-refractivity contribution in [3.8, 4) is 0 Å². The van der Waals surface area contributed by atoms with Gasteiger partial charge in [0.1, 0.15) is 12.6 Å². The lowest BCUT2D eigenvalue weighted by molar-refractivity contribution is -0.140. The Hall–Kier alpha value is -2.34. The fraction of sp³-hybridized carbons (Fsp3) is 0.333. The highest BCUT2D eigenvalue weighted by molar-refractivity contribution is 14.1. The Labute approximate surface area is 265 Å². The molecule has 1 aliphatic rings. The van der Waals surface area contributed by atoms with Crippen LogP contribution in [-0.4, -0.2) is 43.8 Å². The number of hydrogen-bond donors (Lipinski definition) is 1. The summed E-state index contributed by atoms with van der Waals surface area (Å²) in [7, 11) is -4.11. The van der Waals surface area contributed by atoms with E-state index in [1.54, 1.807) is 60.7 Å². The molecular formula is C30H32Cl2IN3O4S. The van der Waals surface area contributed by atoms with Gasteiger partial charge in [0.25, 0.3) is 10.0 Å². The smallest absolute Gasteiger partial charge is 0.264 e. The highest BCUT2D eigenvalue weighted by Crippen LogP contribution is 2.27. The molecule has 7 nitrogen and oxygen atoms in total. The van der Waals surface area contributed by atoms with Crippen LogP contribution < -0.4 is 9.62 Å². The monoisotopic (exact) mass is 727 g/mol. The van der Waals surface area contributed by atoms with Crippen LogP contribution in [0, 0.1) is 3.57 Å². The lowest BCUT2D eigenvalue weighted by Gasteiger charge is -2.34. The summed E-state index contributed by atoms with van der Waals surface area (Å²) < 4.78 is 29.7. The summed E-state index contributed by atoms with van der Waals surface area (Å²) in [6.45, 7) is 1.40. The second-order valence-electron chi connectivity index (χ2n) is 9.99. The molecule has 0 aliphatic heterocycles. The van der Waals surface area contributed by atoms with E-state index in [2.05, 4.69) is 27.9 Å². The topological polar surface area (TPSA) is 86.8 Å². The average Bonchev–Trinajstić information content (AvgIpc) is 3.47. The van der Waals surface area contributed by atoms with Crippen molar-refractivity contribution in [3.63, 3.8) is 0 Å². The molecular weight excluding hydrogens is 696 g/mol. The molecule has 1 saturated carbocycles. The van der Waals surface area contributed by atoms with E-state index in [0.717, 1.165) is 33.6 Å². The number of benzene rings is 3. The van der Waals surface area contributed by atoms with Crippen LogP contribution in [0.4, 0.5) is 5.69 Å². The summed E-state index contributed by atoms with van der Waals surface area (Å²) in [5.74, 6) is -0.762. The van der Waals surface area contributed by atoms with Gasteiger partial charge < -0.3 is 10.2 Å². The Bertz CT molecular complexity index is 1470. The first-order chi connectivity index (χ1) is 19.6. The zero-order chi connectivity index (χ0) is 29.6. The van der Waals surface area contributed by atoms with Gasteiger partial charge in [-0.3, -0.25) is 13.9 Å². The van der Waals surface area contributed by atoms with E-state index in [9.17, 15) is 18.0 Å². The second kappa shape index (κ2) is 14.2. The molecule has 1 fully saturated rings. The maximum Gasteiger partial charge on any atom is 0.264 e. The molecule has 3 aromatic rings. The van der Waals surface area contributed by atoms with E-state index >= 15 is 0 Å². The molecule has 0 bridgehead atoms. The van der Waals surface area contributed by atoms with Crippen molar-refractivity contribution in [3.05, 3.63) is 92.0 Å². The van der Waals surface area contributed by atoms with Crippen LogP contribution in [0.1, 0.15) is 44.6 Å². The number of nitrogens with one attached hydrogen (secondary N) is 1. The van der Waals surface area contributed by atoms with E-state index in [4.69, 9.17) is 23.2 Å². The number of carbonyl (C=O) groups excluding carboxylic acids is 2. The van der Waals surface area contributed by atoms with Gasteiger partial charge in [0.15, 0.2) is 0 Å². The molecule has 11 heteroatoms. The normalized spacial score (nSPS) is 14.4. The maximum atomic E-state index is 14.1. The van der Waals surface area contributed by atoms with Crippen molar-refractivity contribution in [1.82, 2.24) is 10.2 Å². The predicted molar refractivity (Wildman–Crippen MR) is 172 cm³/mol. The third-order valence-corrected chi connectivity index (χ3v) is 10.4. The van der Waals surface area contributed by atoms with Gasteiger partial charge >= 0.3 is 0 Å². The predicted octanol–water partition coefficient (Wildman–Crippen LogP) is 6.66. The number of sulfonamides is 1. The van der Waals surface area contributed by atoms with Crippen LogP contribution in [0.15, 0.2) is 77.7 Å². The fourth-order valence-electron chi connectivity index (χ4n) is 4.98. The molecule has 2 amide bonds. The van der Waals surface area contributed by atoms with Gasteiger partial charge in [0.2, 0.25) is 11.8 Å². The molecule has 0 radical (unpaired) electrons. The van der Waals surface area contributed by atoms with E-state index in [1.807, 2.05) is 6.92 Å². The molecule has 218 valence electrons. The molecule has 1 atom stereocenters. The van der Waals surface area contributed by atoms with Crippen molar-refractivity contribution in [2.75, 3.05) is 10.8 Å². The maximum absolute atomic E-state index is 14.1. The quantitative estimate of drug-likeness (QED) is 0.224. The van der Waals surface area contributed by atoms with Crippen LogP contribution >= 0.6 is 45.8 Å². The van der Waals surface area contributed by atoms with Gasteiger partial charge in [-0.1, -0.05) is 67.2 Å². The van der Waals surface area contributed by atoms with Crippen molar-refractivity contribution < 1.29 is 18.0 Å². The zero-order valence-corrected chi connectivity index (χ0v) is 27.1. The molecule has 0 saturated heterocycles. The van der Waals surface area contributed by atoms with Gasteiger partial charge in [0.05, 0.1) is 20.6 Å². The summed E-state index contributed by atoms with van der Waals surface area (Å²) in [6, 6.07) is 19.2. The second-order valence-corrected chi connectivity index (χ2v) is 13.9. The van der Waals surface area contributed by atoms with Crippen molar-refractivity contribution in [2.45, 2.75) is 62.6 Å². The van der Waals surface area contributed by atoms with Crippen LogP contribution in [0.2, 0.25) is 10.0 Å². The molecule has 1 N–H and O–H groups in total. The number of rotatable bonds is 11. The number of hydrogen-bond acceptors (Lipinski definition) is 4. The molecule has 0 spiro atoms. The van der Waals surface area contributed by atoms with Crippen LogP contribution in [0.3, 0.4) is 0 Å². The minimum Gasteiger partial charge on any atom is -0.352 e. The third-order valence-electron chi connectivity index (χ3n) is 7.15. The number of anilines is 1. The minimum atomic E-state index is -4.11. The standard InChI is InChI=1S/C30H32Cl2IN3O4S/c1-2-28(30(38)34-23-8-6-7-9-23)35(19-21-12-17-26(31)27(32)18-21)29(37)20-36(24-15-13-22(33)14-16-24)41(39,40)25-10-4-3-5-11-25/h3-5,10-18,23,28H,2,6-9,19-20H2,1H3,(H,34,38). The summed E-state index contributed by atoms with van der Waals surface area (Å²) >= 11 is 14.5. The number of nitrogens with zero attached hydrogens (tertiary/aromatic N) is 2. The number of carbonyl (C=O) groups is 2. The lowest BCUT2D eigenvalue weighted by Crippen LogP contribution is -2.53. The molecule has 0 heterocycles. The van der Waals surface area contributed by atoms with E-state index in [-0.39, 0.29) is 23.4 Å². The van der Waals surface area contributed by atoms with E-state index < -0.39 is 28.5 Å². The Balaban J connectivity index is 1.71. The third kappa shape index (κ3) is 7.94. The van der Waals surface area contributed by atoms with Crippen molar-refractivity contribution in [1.29, 1.82) is 0 Å². The lowest BCUT2D eigenvalue weighted by atomic mass is 10.1. The summed E-state index contributed by atoms with van der Waals surface area (Å²) in [6.07, 6.45) is 4.25.